The van der Waals surface area contributed by atoms with Crippen LogP contribution in [0.4, 0.5) is 30.6 Å². The van der Waals surface area contributed by atoms with E-state index in [1.54, 1.807) is 65.8 Å². The van der Waals surface area contributed by atoms with Gasteiger partial charge in [0.15, 0.2) is 51.2 Å². The van der Waals surface area contributed by atoms with Crippen molar-refractivity contribution in [3.8, 4) is 39.4 Å². The summed E-state index contributed by atoms with van der Waals surface area (Å²) in [5.74, 6) is 3.53. The molecule has 568 valence electrons. The SMILES string of the molecule is CC(C)(C)OC(=O)Oc1ccc(-[s+]2c3ccccc3c3ccccc32)cc1.CC(C)(C)OC(=O)Oc1ccc([S+]2c3ccccc3Nc3ccccc32)cc1.CC(C)(C)OC(=O)Oc1ccc([S+]2c3ccccc3Oc3ccccc32)cc1.CC(C)(C)OC(=O)Oc1ccc([SH+]2=C3C=CC=CC3C(=O)c3ccccc32)cc1. The van der Waals surface area contributed by atoms with Crippen LogP contribution < -0.4 is 29.0 Å². The number of Topliss-reactive ketones (excluding diaryl/α,β-unsaturated/α-hetero) is 1. The first-order valence-electron chi connectivity index (χ1n) is 36.5. The lowest BCUT2D eigenvalue weighted by atomic mass is 9.91. The molecule has 4 heterocycles. The van der Waals surface area contributed by atoms with E-state index in [0.29, 0.717) is 23.0 Å². The maximum Gasteiger partial charge on any atom is 0.514 e. The molecule has 0 radical (unpaired) electrons. The minimum absolute atomic E-state index is 0.149. The summed E-state index contributed by atoms with van der Waals surface area (Å²) in [5.41, 5.74) is 0.689. The number of rotatable bonds is 8. The number of nitrogens with one attached hydrogen (secondary N) is 1. The number of thiophene rings is 1. The van der Waals surface area contributed by atoms with Crippen molar-refractivity contribution in [3.63, 3.8) is 0 Å². The average Bonchev–Trinajstić information content (AvgIpc) is 1.37. The second-order valence-corrected chi connectivity index (χ2v) is 38.1. The predicted molar refractivity (Wildman–Crippen MR) is 448 cm³/mol. The number of allylic oxidation sites excluding steroid dienone is 4. The lowest BCUT2D eigenvalue weighted by Crippen LogP contribution is -2.31. The number of hydrogen-bond donors (Lipinski definition) is 1. The fraction of sp³-hybridized carbons (Fsp3) is 0.183. The minimum atomic E-state index is -0.836. The van der Waals surface area contributed by atoms with Crippen LogP contribution in [0.3, 0.4) is 0 Å². The molecule has 12 aromatic rings. The molecule has 3 aliphatic heterocycles. The molecule has 112 heavy (non-hydrogen) atoms. The summed E-state index contributed by atoms with van der Waals surface area (Å²) in [4.78, 5) is 72.1. The van der Waals surface area contributed by atoms with Crippen LogP contribution in [0.1, 0.15) is 93.4 Å². The summed E-state index contributed by atoms with van der Waals surface area (Å²) >= 11 is 0. The number of carbonyl (C=O) groups is 5. The Morgan fingerprint density at radius 1 is 0.375 bits per heavy atom. The van der Waals surface area contributed by atoms with Gasteiger partial charge in [-0.1, -0.05) is 114 Å². The molecule has 0 spiro atoms. The maximum atomic E-state index is 13.0. The summed E-state index contributed by atoms with van der Waals surface area (Å²) in [6.45, 7) is 21.7. The molecule has 0 bridgehead atoms. The Bertz CT molecular complexity index is 5270. The van der Waals surface area contributed by atoms with E-state index >= 15 is 0 Å². The highest BCUT2D eigenvalue weighted by molar-refractivity contribution is 7.98. The number of fused-ring (bicyclic) bond motifs is 9. The molecular formula is C93H87NO14S4+4. The van der Waals surface area contributed by atoms with E-state index in [-0.39, 0.29) is 44.0 Å². The summed E-state index contributed by atoms with van der Waals surface area (Å²) in [6, 6.07) is 88.3. The van der Waals surface area contributed by atoms with Crippen molar-refractivity contribution in [3.05, 3.63) is 297 Å². The van der Waals surface area contributed by atoms with Crippen molar-refractivity contribution >= 4 is 110 Å². The van der Waals surface area contributed by atoms with Crippen LogP contribution in [0.5, 0.6) is 34.5 Å². The molecule has 1 aliphatic carbocycles. The summed E-state index contributed by atoms with van der Waals surface area (Å²) in [7, 11) is -1.51. The molecule has 15 nitrogen and oxygen atoms in total. The number of hydrogen-bond acceptors (Lipinski definition) is 15. The Morgan fingerprint density at radius 2 is 0.723 bits per heavy atom. The normalized spacial score (nSPS) is 14.6. The van der Waals surface area contributed by atoms with Gasteiger partial charge in [-0.05, 0) is 259 Å². The molecule has 19 heteroatoms. The van der Waals surface area contributed by atoms with Crippen LogP contribution >= 0.6 is 10.5 Å². The van der Waals surface area contributed by atoms with Gasteiger partial charge < -0.3 is 47.9 Å². The van der Waals surface area contributed by atoms with E-state index in [2.05, 4.69) is 108 Å². The fourth-order valence-electron chi connectivity index (χ4n) is 12.5. The molecule has 1 N–H and O–H groups in total. The Labute approximate surface area is 663 Å². The van der Waals surface area contributed by atoms with Crippen LogP contribution in [0.2, 0.25) is 0 Å². The van der Waals surface area contributed by atoms with Crippen LogP contribution in [0, 0.1) is 5.92 Å². The van der Waals surface area contributed by atoms with Crippen LogP contribution in [-0.2, 0) is 51.2 Å². The Hall–Kier alpha value is -11.6. The predicted octanol–water partition coefficient (Wildman–Crippen LogP) is 24.3. The first-order chi connectivity index (χ1) is 53.6. The molecule has 1 aromatic heterocycles. The summed E-state index contributed by atoms with van der Waals surface area (Å²) in [6.07, 6.45) is 5.16. The van der Waals surface area contributed by atoms with Gasteiger partial charge in [-0.15, -0.1) is 0 Å². The average molecular weight is 1570 g/mol. The lowest BCUT2D eigenvalue weighted by Gasteiger charge is -2.23. The molecule has 2 atom stereocenters. The van der Waals surface area contributed by atoms with E-state index in [1.807, 2.05) is 205 Å². The maximum absolute atomic E-state index is 13.0. The molecule has 0 amide bonds. The highest BCUT2D eigenvalue weighted by Crippen LogP contribution is 2.50. The number of carbonyl (C=O) groups excluding carboxylic acids is 5. The van der Waals surface area contributed by atoms with Crippen molar-refractivity contribution in [1.82, 2.24) is 0 Å². The second-order valence-electron chi connectivity index (χ2n) is 30.1. The third-order valence-corrected chi connectivity index (χ3v) is 26.5. The van der Waals surface area contributed by atoms with E-state index in [1.165, 1.54) is 34.9 Å². The lowest BCUT2D eigenvalue weighted by molar-refractivity contribution is 0.0193. The zero-order valence-corrected chi connectivity index (χ0v) is 67.5. The molecule has 4 aliphatic rings. The van der Waals surface area contributed by atoms with Crippen molar-refractivity contribution in [2.75, 3.05) is 5.32 Å². The van der Waals surface area contributed by atoms with Crippen molar-refractivity contribution in [2.45, 2.75) is 145 Å². The van der Waals surface area contributed by atoms with Gasteiger partial charge in [0.25, 0.3) is 0 Å². The molecular weight excluding hydrogens is 1480 g/mol. The highest BCUT2D eigenvalue weighted by Gasteiger charge is 2.42. The third-order valence-electron chi connectivity index (χ3n) is 16.9. The fourth-order valence-corrected chi connectivity index (χ4v) is 22.0. The van der Waals surface area contributed by atoms with Gasteiger partial charge in [0.1, 0.15) is 87.8 Å². The Morgan fingerprint density at radius 3 is 1.15 bits per heavy atom. The monoisotopic (exact) mass is 1570 g/mol. The quantitative estimate of drug-likeness (QED) is 0.0379. The Kier molecular flexibility index (Phi) is 23.5. The van der Waals surface area contributed by atoms with Gasteiger partial charge in [0, 0.05) is 33.4 Å². The summed E-state index contributed by atoms with van der Waals surface area (Å²) < 4.78 is 50.7. The highest BCUT2D eigenvalue weighted by atomic mass is 32.2. The van der Waals surface area contributed by atoms with Crippen LogP contribution in [0.15, 0.2) is 330 Å². The van der Waals surface area contributed by atoms with Crippen molar-refractivity contribution in [2.24, 2.45) is 5.92 Å². The summed E-state index contributed by atoms with van der Waals surface area (Å²) in [5, 5.41) is 6.11. The van der Waals surface area contributed by atoms with Crippen LogP contribution in [-0.4, -0.2) is 57.7 Å². The standard InChI is InChI=1S/C24H22O4S.C23H22NO3S.C23H21O4S.C23H21O3S/c1-24(2,3)28-23(26)27-16-12-14-17(15-13-16)29-20-10-6-4-8-18(20)22(25)19-9-5-7-11-21(19)29;1-23(2,3)27-22(25)26-16-12-14-17(15-13-16)28-20-10-6-4-8-18(20)24-19-9-5-7-11-21(19)28;1-23(2,3)27-22(24)25-16-12-14-17(15-13-16)28-20-10-6-4-8-18(20)26-19-9-5-7-11-21(19)28;1-23(2,3)26-22(24)25-16-12-14-17(15-13-16)27-20-10-6-4-8-18(20)19-9-5-7-11-21(19)27/h4-15,18H,1-3H3;4-15,24H,1-3H3;4-15H,1-3H3;4-15H,1-3H3/q;3*+1/p+1. The first-order valence-corrected chi connectivity index (χ1v) is 41.5. The third kappa shape index (κ3) is 19.2. The molecule has 11 aromatic carbocycles. The first kappa shape index (κ1) is 78.5. The largest absolute Gasteiger partial charge is 0.514 e. The smallest absolute Gasteiger partial charge is 0.447 e. The minimum Gasteiger partial charge on any atom is -0.447 e. The van der Waals surface area contributed by atoms with E-state index < -0.39 is 57.5 Å². The zero-order chi connectivity index (χ0) is 79.1. The van der Waals surface area contributed by atoms with Gasteiger partial charge in [0.2, 0.25) is 9.79 Å². The van der Waals surface area contributed by atoms with Gasteiger partial charge in [-0.2, -0.15) is 0 Å². The van der Waals surface area contributed by atoms with Crippen molar-refractivity contribution < 1.29 is 66.6 Å². The van der Waals surface area contributed by atoms with Crippen molar-refractivity contribution in [1.29, 1.82) is 0 Å². The molecule has 0 fully saturated rings. The van der Waals surface area contributed by atoms with Crippen LogP contribution in [0.25, 0.3) is 25.1 Å². The molecule has 0 saturated carbocycles. The van der Waals surface area contributed by atoms with Gasteiger partial charge >= 0.3 is 24.6 Å². The number of para-hydroxylation sites is 4. The zero-order valence-electron chi connectivity index (χ0n) is 64.2. The number of thiol groups is 1. The topological polar surface area (TPSA) is 180 Å². The number of benzene rings is 11. The number of anilines is 2. The number of ether oxygens (including phenoxy) is 9. The van der Waals surface area contributed by atoms with Gasteiger partial charge in [0.05, 0.1) is 16.9 Å². The van der Waals surface area contributed by atoms with Gasteiger partial charge in [-0.3, -0.25) is 4.79 Å². The van der Waals surface area contributed by atoms with E-state index in [9.17, 15) is 24.0 Å². The molecule has 2 unspecified atom stereocenters. The van der Waals surface area contributed by atoms with E-state index in [0.717, 1.165) is 62.7 Å². The van der Waals surface area contributed by atoms with E-state index in [4.69, 9.17) is 42.6 Å². The Balaban J connectivity index is 0.000000131. The molecule has 16 rings (SSSR count). The number of ketones is 1. The second kappa shape index (κ2) is 33.5. The molecule has 0 saturated heterocycles. The van der Waals surface area contributed by atoms with Gasteiger partial charge in [-0.25, -0.2) is 19.2 Å².